The molecule has 2 rings (SSSR count). The highest BCUT2D eigenvalue weighted by Gasteiger charge is 2.56. The molecule has 1 saturated carbocycles. The first-order chi connectivity index (χ1) is 4.77. The largest absolute Gasteiger partial charge is 0.394 e. The van der Waals surface area contributed by atoms with Crippen LogP contribution in [0.15, 0.2) is 0 Å². The quantitative estimate of drug-likeness (QED) is 0.539. The molecule has 2 N–H and O–H groups in total. The number of hydrogen-bond acceptors (Lipinski definition) is 3. The lowest BCUT2D eigenvalue weighted by Gasteiger charge is -2.07. The van der Waals surface area contributed by atoms with Gasteiger partial charge in [0, 0.05) is 5.41 Å². The van der Waals surface area contributed by atoms with Crippen LogP contribution in [0, 0.1) is 5.41 Å². The second-order valence-corrected chi connectivity index (χ2v) is 3.36. The van der Waals surface area contributed by atoms with Crippen LogP contribution in [0.5, 0.6) is 0 Å². The van der Waals surface area contributed by atoms with Crippen LogP contribution in [0.3, 0.4) is 0 Å². The molecular weight excluding hydrogens is 132 g/mol. The Balaban J connectivity index is 2.01. The zero-order chi connectivity index (χ0) is 7.19. The summed E-state index contributed by atoms with van der Waals surface area (Å²) in [5.41, 5.74) is 0.0490. The van der Waals surface area contributed by atoms with Crippen LogP contribution in [-0.2, 0) is 4.74 Å². The third kappa shape index (κ3) is 0.779. The second kappa shape index (κ2) is 1.94. The normalized spacial score (nSPS) is 42.6. The minimum Gasteiger partial charge on any atom is -0.394 e. The van der Waals surface area contributed by atoms with Crippen LogP contribution in [0.2, 0.25) is 0 Å². The molecule has 58 valence electrons. The Labute approximate surface area is 59.6 Å². The van der Waals surface area contributed by atoms with E-state index >= 15 is 0 Å². The summed E-state index contributed by atoms with van der Waals surface area (Å²) in [5.74, 6) is 0. The highest BCUT2D eigenvalue weighted by Crippen LogP contribution is 2.56. The first-order valence-corrected chi connectivity index (χ1v) is 3.71. The number of hydrogen-bond donors (Lipinski definition) is 2. The molecule has 3 nitrogen and oxygen atoms in total. The maximum atomic E-state index is 9.29. The van der Waals surface area contributed by atoms with Crippen LogP contribution in [0.1, 0.15) is 19.3 Å². The predicted molar refractivity (Wildman–Crippen MR) is 34.2 cm³/mol. The lowest BCUT2D eigenvalue weighted by atomic mass is 10.0. The van der Waals surface area contributed by atoms with Gasteiger partial charge in [0.1, 0.15) is 0 Å². The molecule has 0 amide bonds. The Morgan fingerprint density at radius 1 is 1.50 bits per heavy atom. The molecular formula is C7H12O3. The van der Waals surface area contributed by atoms with E-state index in [9.17, 15) is 5.11 Å². The van der Waals surface area contributed by atoms with Gasteiger partial charge in [-0.2, -0.15) is 0 Å². The fourth-order valence-electron chi connectivity index (χ4n) is 1.65. The van der Waals surface area contributed by atoms with Gasteiger partial charge in [-0.15, -0.1) is 0 Å². The van der Waals surface area contributed by atoms with Crippen molar-refractivity contribution in [2.75, 3.05) is 6.61 Å². The Morgan fingerprint density at radius 2 is 2.20 bits per heavy atom. The molecule has 1 saturated heterocycles. The summed E-state index contributed by atoms with van der Waals surface area (Å²) in [4.78, 5) is 0. The Hall–Kier alpha value is -0.120. The van der Waals surface area contributed by atoms with Crippen molar-refractivity contribution in [1.29, 1.82) is 0 Å². The Bertz CT molecular complexity index is 142. The first-order valence-electron chi connectivity index (χ1n) is 3.71. The number of rotatable bonds is 1. The lowest BCUT2D eigenvalue weighted by Crippen LogP contribution is -2.16. The van der Waals surface area contributed by atoms with Gasteiger partial charge >= 0.3 is 0 Å². The molecule has 0 aromatic rings. The minimum absolute atomic E-state index is 0.0405. The number of aliphatic hydroxyl groups excluding tert-OH is 2. The number of aliphatic hydroxyl groups is 2. The molecule has 3 heteroatoms. The molecule has 2 unspecified atom stereocenters. The van der Waals surface area contributed by atoms with Crippen LogP contribution in [-0.4, -0.2) is 29.2 Å². The van der Waals surface area contributed by atoms with E-state index in [1.165, 1.54) is 0 Å². The fraction of sp³-hybridized carbons (Fsp3) is 1.00. The van der Waals surface area contributed by atoms with Gasteiger partial charge in [-0.3, -0.25) is 0 Å². The van der Waals surface area contributed by atoms with Crippen molar-refractivity contribution in [3.05, 3.63) is 0 Å². The molecule has 0 aromatic heterocycles. The summed E-state index contributed by atoms with van der Waals surface area (Å²) in [6.07, 6.45) is 2.24. The van der Waals surface area contributed by atoms with Crippen molar-refractivity contribution in [3.8, 4) is 0 Å². The lowest BCUT2D eigenvalue weighted by molar-refractivity contribution is -0.121. The molecule has 1 heterocycles. The first kappa shape index (κ1) is 6.58. The van der Waals surface area contributed by atoms with E-state index in [-0.39, 0.29) is 18.1 Å². The summed E-state index contributed by atoms with van der Waals surface area (Å²) in [7, 11) is 0. The summed E-state index contributed by atoms with van der Waals surface area (Å²) in [5, 5.41) is 18.0. The van der Waals surface area contributed by atoms with Gasteiger partial charge in [-0.1, -0.05) is 0 Å². The summed E-state index contributed by atoms with van der Waals surface area (Å²) in [6.45, 7) is 0.0405. The van der Waals surface area contributed by atoms with Crippen molar-refractivity contribution >= 4 is 0 Å². The van der Waals surface area contributed by atoms with Crippen LogP contribution < -0.4 is 0 Å². The van der Waals surface area contributed by atoms with Gasteiger partial charge in [-0.05, 0) is 19.3 Å². The van der Waals surface area contributed by atoms with Crippen LogP contribution in [0.25, 0.3) is 0 Å². The zero-order valence-corrected chi connectivity index (χ0v) is 5.79. The molecule has 1 aliphatic heterocycles. The Morgan fingerprint density at radius 3 is 2.50 bits per heavy atom. The monoisotopic (exact) mass is 144 g/mol. The average Bonchev–Trinajstić information content (AvgIpc) is 2.60. The van der Waals surface area contributed by atoms with E-state index in [2.05, 4.69) is 0 Å². The maximum absolute atomic E-state index is 9.29. The third-order valence-corrected chi connectivity index (χ3v) is 2.58. The van der Waals surface area contributed by atoms with E-state index in [1.54, 1.807) is 0 Å². The Kier molecular flexibility index (Phi) is 1.27. The summed E-state index contributed by atoms with van der Waals surface area (Å²) >= 11 is 0. The van der Waals surface area contributed by atoms with Crippen LogP contribution >= 0.6 is 0 Å². The molecule has 1 spiro atoms. The number of ether oxygens (including phenoxy) is 1. The van der Waals surface area contributed by atoms with E-state index in [0.717, 1.165) is 19.3 Å². The summed E-state index contributed by atoms with van der Waals surface area (Å²) < 4.78 is 5.09. The zero-order valence-electron chi connectivity index (χ0n) is 5.79. The van der Waals surface area contributed by atoms with Gasteiger partial charge in [0.2, 0.25) is 0 Å². The predicted octanol–water partition coefficient (Wildman–Crippen LogP) is -0.134. The maximum Gasteiger partial charge on any atom is 0.160 e. The topological polar surface area (TPSA) is 49.7 Å². The average molecular weight is 144 g/mol. The molecule has 10 heavy (non-hydrogen) atoms. The third-order valence-electron chi connectivity index (χ3n) is 2.58. The van der Waals surface area contributed by atoms with Crippen molar-refractivity contribution in [1.82, 2.24) is 0 Å². The van der Waals surface area contributed by atoms with Gasteiger partial charge in [0.15, 0.2) is 6.29 Å². The standard InChI is InChI=1S/C7H12O3/c8-4-5-3-7(1-2-7)6(9)10-5/h5-6,8-9H,1-4H2. The summed E-state index contributed by atoms with van der Waals surface area (Å²) in [6, 6.07) is 0. The van der Waals surface area contributed by atoms with Gasteiger partial charge in [0.25, 0.3) is 0 Å². The van der Waals surface area contributed by atoms with E-state index < -0.39 is 6.29 Å². The highest BCUT2D eigenvalue weighted by molar-refractivity contribution is 5.01. The molecule has 0 aromatic carbocycles. The SMILES string of the molecule is OCC1CC2(CC2)C(O)O1. The van der Waals surface area contributed by atoms with E-state index in [1.807, 2.05) is 0 Å². The molecule has 2 atom stereocenters. The van der Waals surface area contributed by atoms with Crippen molar-refractivity contribution < 1.29 is 14.9 Å². The second-order valence-electron chi connectivity index (χ2n) is 3.36. The smallest absolute Gasteiger partial charge is 0.160 e. The van der Waals surface area contributed by atoms with Gasteiger partial charge in [0.05, 0.1) is 12.7 Å². The minimum atomic E-state index is -0.607. The van der Waals surface area contributed by atoms with Crippen LogP contribution in [0.4, 0.5) is 0 Å². The molecule has 0 bridgehead atoms. The van der Waals surface area contributed by atoms with E-state index in [4.69, 9.17) is 9.84 Å². The van der Waals surface area contributed by atoms with Crippen molar-refractivity contribution in [2.24, 2.45) is 5.41 Å². The van der Waals surface area contributed by atoms with Gasteiger partial charge in [-0.25, -0.2) is 0 Å². The molecule has 2 fully saturated rings. The van der Waals surface area contributed by atoms with Crippen molar-refractivity contribution in [3.63, 3.8) is 0 Å². The molecule has 2 aliphatic rings. The van der Waals surface area contributed by atoms with E-state index in [0.29, 0.717) is 0 Å². The molecule has 0 radical (unpaired) electrons. The van der Waals surface area contributed by atoms with Gasteiger partial charge < -0.3 is 14.9 Å². The molecule has 1 aliphatic carbocycles. The highest BCUT2D eigenvalue weighted by atomic mass is 16.6. The fourth-order valence-corrected chi connectivity index (χ4v) is 1.65. The van der Waals surface area contributed by atoms with Crippen molar-refractivity contribution in [2.45, 2.75) is 31.7 Å².